The zero-order chi connectivity index (χ0) is 15.7. The van der Waals surface area contributed by atoms with Crippen molar-refractivity contribution < 1.29 is 9.94 Å². The maximum absolute atomic E-state index is 10.3. The van der Waals surface area contributed by atoms with Gasteiger partial charge >= 0.3 is 0 Å². The lowest BCUT2D eigenvalue weighted by molar-refractivity contribution is 0.122. The molecule has 0 saturated carbocycles. The minimum absolute atomic E-state index is 0.336. The van der Waals surface area contributed by atoms with Gasteiger partial charge in [-0.1, -0.05) is 0 Å². The zero-order valence-corrected chi connectivity index (χ0v) is 13.9. The monoisotopic (exact) mass is 281 g/mol. The SMILES string of the molecule is CN(C)c1cc(OC(C)(C)C)nc(N(O)C(C)(C)C)c1. The van der Waals surface area contributed by atoms with Crippen LogP contribution in [0.2, 0.25) is 0 Å². The van der Waals surface area contributed by atoms with Crippen LogP contribution in [-0.2, 0) is 0 Å². The van der Waals surface area contributed by atoms with Crippen LogP contribution in [0.25, 0.3) is 0 Å². The first kappa shape index (κ1) is 16.6. The summed E-state index contributed by atoms with van der Waals surface area (Å²) in [4.78, 5) is 6.35. The Balaban J connectivity index is 3.24. The van der Waals surface area contributed by atoms with Gasteiger partial charge in [0.05, 0.1) is 5.54 Å². The van der Waals surface area contributed by atoms with E-state index in [0.717, 1.165) is 10.8 Å². The van der Waals surface area contributed by atoms with Gasteiger partial charge in [-0.05, 0) is 41.5 Å². The molecule has 0 amide bonds. The largest absolute Gasteiger partial charge is 0.472 e. The molecular weight excluding hydrogens is 254 g/mol. The van der Waals surface area contributed by atoms with Crippen LogP contribution in [0.1, 0.15) is 41.5 Å². The maximum atomic E-state index is 10.3. The fourth-order valence-corrected chi connectivity index (χ4v) is 1.55. The highest BCUT2D eigenvalue weighted by Gasteiger charge is 2.23. The molecule has 0 saturated heterocycles. The van der Waals surface area contributed by atoms with Crippen molar-refractivity contribution in [1.82, 2.24) is 4.98 Å². The first-order valence-electron chi connectivity index (χ1n) is 6.78. The van der Waals surface area contributed by atoms with E-state index >= 15 is 0 Å². The lowest BCUT2D eigenvalue weighted by atomic mass is 10.1. The summed E-state index contributed by atoms with van der Waals surface area (Å²) < 4.78 is 5.82. The molecule has 1 aromatic heterocycles. The van der Waals surface area contributed by atoms with Crippen LogP contribution in [0.5, 0.6) is 5.88 Å². The average molecular weight is 281 g/mol. The van der Waals surface area contributed by atoms with Gasteiger partial charge < -0.3 is 9.64 Å². The van der Waals surface area contributed by atoms with Crippen LogP contribution in [-0.4, -0.2) is 35.4 Å². The third-order valence-corrected chi connectivity index (χ3v) is 2.55. The summed E-state index contributed by atoms with van der Waals surface area (Å²) >= 11 is 0. The molecule has 5 heteroatoms. The molecule has 114 valence electrons. The molecule has 0 spiro atoms. The fraction of sp³-hybridized carbons (Fsp3) is 0.667. The van der Waals surface area contributed by atoms with Gasteiger partial charge in [-0.25, -0.2) is 5.06 Å². The minimum atomic E-state index is -0.434. The molecule has 20 heavy (non-hydrogen) atoms. The van der Waals surface area contributed by atoms with Gasteiger partial charge in [0, 0.05) is 31.9 Å². The van der Waals surface area contributed by atoms with Gasteiger partial charge in [-0.15, -0.1) is 0 Å². The molecule has 1 N–H and O–H groups in total. The van der Waals surface area contributed by atoms with Crippen molar-refractivity contribution in [3.8, 4) is 5.88 Å². The topological polar surface area (TPSA) is 48.8 Å². The highest BCUT2D eigenvalue weighted by molar-refractivity contribution is 5.57. The minimum Gasteiger partial charge on any atom is -0.472 e. The van der Waals surface area contributed by atoms with Crippen molar-refractivity contribution in [2.75, 3.05) is 24.1 Å². The van der Waals surface area contributed by atoms with Crippen molar-refractivity contribution >= 4 is 11.5 Å². The van der Waals surface area contributed by atoms with Gasteiger partial charge in [0.1, 0.15) is 5.60 Å². The predicted molar refractivity (Wildman–Crippen MR) is 83.0 cm³/mol. The van der Waals surface area contributed by atoms with Crippen molar-refractivity contribution in [3.05, 3.63) is 12.1 Å². The second kappa shape index (κ2) is 5.48. The van der Waals surface area contributed by atoms with Gasteiger partial charge in [0.15, 0.2) is 5.82 Å². The summed E-state index contributed by atoms with van der Waals surface area (Å²) in [5, 5.41) is 11.4. The second-order valence-corrected chi connectivity index (χ2v) is 7.11. The maximum Gasteiger partial charge on any atom is 0.217 e. The number of rotatable bonds is 3. The Morgan fingerprint density at radius 3 is 2.00 bits per heavy atom. The zero-order valence-electron chi connectivity index (χ0n) is 13.9. The van der Waals surface area contributed by atoms with Crippen molar-refractivity contribution in [2.24, 2.45) is 0 Å². The number of pyridine rings is 1. The Morgan fingerprint density at radius 1 is 1.05 bits per heavy atom. The van der Waals surface area contributed by atoms with E-state index in [-0.39, 0.29) is 5.60 Å². The quantitative estimate of drug-likeness (QED) is 0.861. The third-order valence-electron chi connectivity index (χ3n) is 2.55. The van der Waals surface area contributed by atoms with E-state index in [1.54, 1.807) is 0 Å². The molecule has 0 fully saturated rings. The molecule has 1 rings (SSSR count). The molecule has 0 aliphatic heterocycles. The van der Waals surface area contributed by atoms with E-state index in [4.69, 9.17) is 4.74 Å². The molecule has 0 aliphatic rings. The lowest BCUT2D eigenvalue weighted by Crippen LogP contribution is -2.39. The number of ether oxygens (including phenoxy) is 1. The summed E-state index contributed by atoms with van der Waals surface area (Å²) in [6, 6.07) is 3.70. The molecule has 5 nitrogen and oxygen atoms in total. The van der Waals surface area contributed by atoms with Crippen LogP contribution in [0.3, 0.4) is 0 Å². The summed E-state index contributed by atoms with van der Waals surface area (Å²) in [5.74, 6) is 0.977. The number of hydrogen-bond acceptors (Lipinski definition) is 5. The number of nitrogens with zero attached hydrogens (tertiary/aromatic N) is 3. The standard InChI is InChI=1S/C15H27N3O2/c1-14(2,3)18(19)12-9-11(17(7)8)10-13(16-12)20-15(4,5)6/h9-10,19H,1-8H3. The Hall–Kier alpha value is -1.49. The van der Waals surface area contributed by atoms with E-state index < -0.39 is 5.54 Å². The Bertz CT molecular complexity index is 459. The molecule has 1 aromatic rings. The van der Waals surface area contributed by atoms with Crippen LogP contribution < -0.4 is 14.7 Å². The predicted octanol–water partition coefficient (Wildman–Crippen LogP) is 3.32. The van der Waals surface area contributed by atoms with Crippen molar-refractivity contribution in [1.29, 1.82) is 0 Å². The van der Waals surface area contributed by atoms with Crippen LogP contribution in [0, 0.1) is 0 Å². The van der Waals surface area contributed by atoms with E-state index in [2.05, 4.69) is 4.98 Å². The van der Waals surface area contributed by atoms with Crippen molar-refractivity contribution in [2.45, 2.75) is 52.7 Å². The molecule has 0 aromatic carbocycles. The number of hydrogen-bond donors (Lipinski definition) is 1. The lowest BCUT2D eigenvalue weighted by Gasteiger charge is -2.31. The fourth-order valence-electron chi connectivity index (χ4n) is 1.55. The number of anilines is 2. The Kier molecular flexibility index (Phi) is 4.54. The summed E-state index contributed by atoms with van der Waals surface area (Å²) in [7, 11) is 3.89. The van der Waals surface area contributed by atoms with E-state index in [0.29, 0.717) is 11.7 Å². The Morgan fingerprint density at radius 2 is 1.60 bits per heavy atom. The van der Waals surface area contributed by atoms with Crippen LogP contribution in [0.4, 0.5) is 11.5 Å². The second-order valence-electron chi connectivity index (χ2n) is 7.11. The smallest absolute Gasteiger partial charge is 0.217 e. The molecule has 1 heterocycles. The molecule has 0 radical (unpaired) electrons. The Labute approximate surface area is 122 Å². The first-order chi connectivity index (χ1) is 8.90. The summed E-state index contributed by atoms with van der Waals surface area (Å²) in [6.07, 6.45) is 0. The highest BCUT2D eigenvalue weighted by Crippen LogP contribution is 2.29. The summed E-state index contributed by atoms with van der Waals surface area (Å²) in [6.45, 7) is 11.7. The third kappa shape index (κ3) is 4.56. The van der Waals surface area contributed by atoms with Crippen LogP contribution in [0.15, 0.2) is 12.1 Å². The van der Waals surface area contributed by atoms with Gasteiger partial charge in [-0.2, -0.15) is 4.98 Å². The van der Waals surface area contributed by atoms with E-state index in [1.165, 1.54) is 0 Å². The number of hydroxylamine groups is 1. The normalized spacial score (nSPS) is 12.2. The molecule has 0 unspecified atom stereocenters. The van der Waals surface area contributed by atoms with Crippen molar-refractivity contribution in [3.63, 3.8) is 0 Å². The first-order valence-corrected chi connectivity index (χ1v) is 6.78. The molecule has 0 bridgehead atoms. The summed E-state index contributed by atoms with van der Waals surface area (Å²) in [5.41, 5.74) is 0.159. The van der Waals surface area contributed by atoms with Gasteiger partial charge in [0.2, 0.25) is 5.88 Å². The van der Waals surface area contributed by atoms with E-state index in [1.807, 2.05) is 72.7 Å². The average Bonchev–Trinajstić information content (AvgIpc) is 2.23. The van der Waals surface area contributed by atoms with Gasteiger partial charge in [-0.3, -0.25) is 5.21 Å². The number of aromatic nitrogens is 1. The van der Waals surface area contributed by atoms with Crippen LogP contribution >= 0.6 is 0 Å². The van der Waals surface area contributed by atoms with Gasteiger partial charge in [0.25, 0.3) is 0 Å². The molecular formula is C15H27N3O2. The molecule has 0 atom stereocenters. The van der Waals surface area contributed by atoms with E-state index in [9.17, 15) is 5.21 Å². The molecule has 0 aliphatic carbocycles. The highest BCUT2D eigenvalue weighted by atomic mass is 16.5.